The monoisotopic (exact) mass is 417 g/mol. The first-order chi connectivity index (χ1) is 14.2. The highest BCUT2D eigenvalue weighted by atomic mass is 16.3. The molecule has 4 fully saturated rings. The summed E-state index contributed by atoms with van der Waals surface area (Å²) in [5.74, 6) is 4.33. The molecule has 0 aromatic carbocycles. The molecule has 4 aliphatic carbocycles. The Balaban J connectivity index is 1.55. The zero-order valence-corrected chi connectivity index (χ0v) is 20.3. The first-order valence-electron chi connectivity index (χ1n) is 13.2. The van der Waals surface area contributed by atoms with E-state index in [9.17, 15) is 10.0 Å². The molecule has 4 saturated carbocycles. The van der Waals surface area contributed by atoms with E-state index in [2.05, 4.69) is 39.8 Å². The maximum atomic E-state index is 11.9. The average Bonchev–Trinajstić information content (AvgIpc) is 3.05. The Bertz CT molecular complexity index is 634. The summed E-state index contributed by atoms with van der Waals surface area (Å²) in [5, 5.41) is 15.3. The summed E-state index contributed by atoms with van der Waals surface area (Å²) < 4.78 is 0. The average molecular weight is 418 g/mol. The Hall–Kier alpha value is -0.440. The summed E-state index contributed by atoms with van der Waals surface area (Å²) >= 11 is 0. The smallest absolute Gasteiger partial charge is 0.121 e. The maximum absolute atomic E-state index is 11.9. The first kappa shape index (κ1) is 22.7. The highest BCUT2D eigenvalue weighted by Crippen LogP contribution is 2.69. The summed E-state index contributed by atoms with van der Waals surface area (Å²) in [6.45, 7) is 12.1. The van der Waals surface area contributed by atoms with E-state index in [4.69, 9.17) is 0 Å². The Kier molecular flexibility index (Phi) is 6.19. The van der Waals surface area contributed by atoms with E-state index in [1.165, 1.54) is 51.4 Å². The van der Waals surface area contributed by atoms with Crippen LogP contribution < -0.4 is 0 Å². The van der Waals surface area contributed by atoms with Crippen LogP contribution in [0.1, 0.15) is 112 Å². The van der Waals surface area contributed by atoms with Gasteiger partial charge in [0.15, 0.2) is 0 Å². The molecule has 1 N–H and O–H groups in total. The Morgan fingerprint density at radius 2 is 1.70 bits per heavy atom. The highest BCUT2D eigenvalue weighted by molar-refractivity contribution is 5.17. The predicted octanol–water partition coefficient (Wildman–Crippen LogP) is 7.36. The lowest BCUT2D eigenvalue weighted by Crippen LogP contribution is -2.66. The minimum atomic E-state index is -0.857. The second-order valence-electron chi connectivity index (χ2n) is 12.8. The van der Waals surface area contributed by atoms with Crippen molar-refractivity contribution in [1.29, 1.82) is 0 Å². The highest BCUT2D eigenvalue weighted by Gasteiger charge is 2.67. The van der Waals surface area contributed by atoms with Gasteiger partial charge in [0.25, 0.3) is 0 Å². The zero-order chi connectivity index (χ0) is 21.7. The molecule has 30 heavy (non-hydrogen) atoms. The lowest BCUT2D eigenvalue weighted by Gasteiger charge is -2.64. The largest absolute Gasteiger partial charge is 0.387 e. The summed E-state index contributed by atoms with van der Waals surface area (Å²) in [6, 6.07) is -0.395. The van der Waals surface area contributed by atoms with Gasteiger partial charge in [-0.25, -0.2) is 0 Å². The molecule has 2 unspecified atom stereocenters. The molecule has 172 valence electrons. The van der Waals surface area contributed by atoms with Crippen LogP contribution in [-0.4, -0.2) is 16.7 Å². The van der Waals surface area contributed by atoms with E-state index in [1.54, 1.807) is 0 Å². The van der Waals surface area contributed by atoms with Gasteiger partial charge in [-0.05, 0) is 85.9 Å². The van der Waals surface area contributed by atoms with Crippen LogP contribution in [-0.2, 0) is 0 Å². The summed E-state index contributed by atoms with van der Waals surface area (Å²) in [5.41, 5.74) is -0.550. The van der Waals surface area contributed by atoms with E-state index in [-0.39, 0.29) is 5.41 Å². The maximum Gasteiger partial charge on any atom is 0.121 e. The molecule has 0 amide bonds. The van der Waals surface area contributed by atoms with E-state index in [1.807, 2.05) is 0 Å². The Labute approximate surface area is 185 Å². The summed E-state index contributed by atoms with van der Waals surface area (Å²) in [6.07, 6.45) is 14.3. The fourth-order valence-corrected chi connectivity index (χ4v) is 9.46. The second kappa shape index (κ2) is 8.16. The molecule has 0 aromatic heterocycles. The predicted molar refractivity (Wildman–Crippen MR) is 124 cm³/mol. The van der Waals surface area contributed by atoms with Crippen LogP contribution in [0.2, 0.25) is 0 Å². The van der Waals surface area contributed by atoms with Gasteiger partial charge in [0.1, 0.15) is 6.04 Å². The molecule has 0 aromatic rings. The van der Waals surface area contributed by atoms with Gasteiger partial charge in [-0.15, -0.1) is 0 Å². The van der Waals surface area contributed by atoms with E-state index >= 15 is 0 Å². The molecule has 0 radical (unpaired) electrons. The van der Waals surface area contributed by atoms with Crippen molar-refractivity contribution in [1.82, 2.24) is 0 Å². The second-order valence-corrected chi connectivity index (χ2v) is 12.8. The van der Waals surface area contributed by atoms with E-state index in [0.29, 0.717) is 17.3 Å². The fraction of sp³-hybridized carbons (Fsp3) is 1.00. The lowest BCUT2D eigenvalue weighted by molar-refractivity contribution is -0.214. The van der Waals surface area contributed by atoms with E-state index < -0.39 is 11.6 Å². The van der Waals surface area contributed by atoms with Crippen molar-refractivity contribution in [2.45, 2.75) is 123 Å². The van der Waals surface area contributed by atoms with Crippen LogP contribution in [0.3, 0.4) is 0 Å². The number of nitroso groups, excluding NO2 is 1. The van der Waals surface area contributed by atoms with Crippen molar-refractivity contribution in [3.05, 3.63) is 4.91 Å². The van der Waals surface area contributed by atoms with Crippen LogP contribution >= 0.6 is 0 Å². The number of rotatable bonds is 6. The Morgan fingerprint density at radius 1 is 0.967 bits per heavy atom. The van der Waals surface area contributed by atoms with Crippen LogP contribution in [0.25, 0.3) is 0 Å². The molecular weight excluding hydrogens is 370 g/mol. The number of nitrogens with zero attached hydrogens (tertiary/aromatic N) is 1. The molecular formula is C27H47NO2. The summed E-state index contributed by atoms with van der Waals surface area (Å²) in [4.78, 5) is 11.9. The third kappa shape index (κ3) is 3.32. The zero-order valence-electron chi connectivity index (χ0n) is 20.3. The number of hydrogen-bond acceptors (Lipinski definition) is 3. The quantitative estimate of drug-likeness (QED) is 0.459. The molecule has 3 heteroatoms. The third-order valence-corrected chi connectivity index (χ3v) is 11.1. The van der Waals surface area contributed by atoms with Crippen molar-refractivity contribution in [2.75, 3.05) is 0 Å². The van der Waals surface area contributed by atoms with Crippen molar-refractivity contribution < 1.29 is 5.11 Å². The van der Waals surface area contributed by atoms with Crippen LogP contribution in [0.5, 0.6) is 0 Å². The van der Waals surface area contributed by atoms with Gasteiger partial charge in [-0.3, -0.25) is 0 Å². The van der Waals surface area contributed by atoms with E-state index in [0.717, 1.165) is 49.4 Å². The van der Waals surface area contributed by atoms with Crippen LogP contribution in [0, 0.1) is 51.2 Å². The minimum absolute atomic E-state index is 0.116. The van der Waals surface area contributed by atoms with Crippen molar-refractivity contribution in [3.8, 4) is 0 Å². The van der Waals surface area contributed by atoms with Crippen LogP contribution in [0.15, 0.2) is 5.18 Å². The van der Waals surface area contributed by atoms with Gasteiger partial charge >= 0.3 is 0 Å². The van der Waals surface area contributed by atoms with Crippen molar-refractivity contribution in [2.24, 2.45) is 51.5 Å². The number of aliphatic hydroxyl groups is 1. The Morgan fingerprint density at radius 3 is 2.40 bits per heavy atom. The molecule has 9 atom stereocenters. The normalized spacial score (nSPS) is 49.2. The van der Waals surface area contributed by atoms with Crippen LogP contribution in [0.4, 0.5) is 0 Å². The van der Waals surface area contributed by atoms with Crippen molar-refractivity contribution in [3.63, 3.8) is 0 Å². The minimum Gasteiger partial charge on any atom is -0.387 e. The van der Waals surface area contributed by atoms with Gasteiger partial charge < -0.3 is 5.11 Å². The first-order valence-corrected chi connectivity index (χ1v) is 13.2. The molecule has 3 nitrogen and oxygen atoms in total. The molecule has 4 rings (SSSR count). The molecule has 0 heterocycles. The van der Waals surface area contributed by atoms with Crippen molar-refractivity contribution >= 4 is 0 Å². The van der Waals surface area contributed by atoms with Gasteiger partial charge in [0.05, 0.1) is 5.60 Å². The molecule has 4 aliphatic rings. The molecule has 0 spiro atoms. The number of fused-ring (bicyclic) bond motifs is 5. The SMILES string of the molecule is CC(C)CCC[C@@H](C)[C@H]1CC[C@H]2[C@@H]3CC(N=O)C4(O)CCCC[C@]4(C)[C@H]3CC[C@]12C. The van der Waals surface area contributed by atoms with Gasteiger partial charge in [-0.1, -0.05) is 71.9 Å². The standard InChI is InChI=1S/C27H47NO2/c1-18(2)9-8-10-19(3)21-11-12-22-20-17-24(28-30)27(29)15-7-6-14-26(27,5)23(20)13-16-25(21,22)4/h18-24,29H,6-17H2,1-5H3/t19-,20+,21-,22+,23+,24?,25-,26-,27?/m1/s1. The third-order valence-electron chi connectivity index (χ3n) is 11.1. The van der Waals surface area contributed by atoms with Gasteiger partial charge in [-0.2, -0.15) is 4.91 Å². The van der Waals surface area contributed by atoms with Gasteiger partial charge in [0, 0.05) is 5.41 Å². The van der Waals surface area contributed by atoms with Gasteiger partial charge in [0.2, 0.25) is 0 Å². The molecule has 0 aliphatic heterocycles. The topological polar surface area (TPSA) is 49.7 Å². The summed E-state index contributed by atoms with van der Waals surface area (Å²) in [7, 11) is 0. The molecule has 0 saturated heterocycles. The number of hydrogen-bond donors (Lipinski definition) is 1. The lowest BCUT2D eigenvalue weighted by atomic mass is 9.42. The fourth-order valence-electron chi connectivity index (χ4n) is 9.46. The molecule has 0 bridgehead atoms.